The average Bonchev–Trinajstić information content (AvgIpc) is 3.30. The average molecular weight is 543 g/mol. The van der Waals surface area contributed by atoms with Gasteiger partial charge in [-0.1, -0.05) is 60.4 Å². The number of primary amides is 1. The Labute approximate surface area is 234 Å². The van der Waals surface area contributed by atoms with E-state index in [9.17, 15) is 14.0 Å². The third-order valence-corrected chi connectivity index (χ3v) is 7.63. The second-order valence-electron chi connectivity index (χ2n) is 10.4. The molecule has 208 valence electrons. The van der Waals surface area contributed by atoms with Gasteiger partial charge in [0.2, 0.25) is 5.91 Å². The number of ether oxygens (including phenoxy) is 1. The Morgan fingerprint density at radius 1 is 1.15 bits per heavy atom. The number of nitrogens with two attached hydrogens (primary N) is 1. The van der Waals surface area contributed by atoms with Crippen LogP contribution < -0.4 is 11.1 Å². The molecule has 8 heteroatoms. The topological polar surface area (TPSA) is 87.9 Å². The molecule has 3 unspecified atom stereocenters. The van der Waals surface area contributed by atoms with Crippen LogP contribution in [0.3, 0.4) is 0 Å². The van der Waals surface area contributed by atoms with Crippen LogP contribution in [0.1, 0.15) is 39.9 Å². The fourth-order valence-electron chi connectivity index (χ4n) is 5.60. The first-order valence-corrected chi connectivity index (χ1v) is 13.9. The van der Waals surface area contributed by atoms with Crippen molar-refractivity contribution in [3.63, 3.8) is 0 Å². The lowest BCUT2D eigenvalue weighted by molar-refractivity contribution is -0.125. The smallest absolute Gasteiger partial charge is 0.256 e. The van der Waals surface area contributed by atoms with Gasteiger partial charge in [-0.2, -0.15) is 0 Å². The molecule has 40 heavy (non-hydrogen) atoms. The maximum atomic E-state index is 14.5. The zero-order valence-electron chi connectivity index (χ0n) is 22.5. The molecule has 3 N–H and O–H groups in total. The number of hydrogen-bond acceptors (Lipinski definition) is 5. The van der Waals surface area contributed by atoms with Crippen molar-refractivity contribution in [1.82, 2.24) is 15.1 Å². The van der Waals surface area contributed by atoms with E-state index in [-0.39, 0.29) is 19.1 Å². The Kier molecular flexibility index (Phi) is 9.07. The Bertz CT molecular complexity index is 1340. The van der Waals surface area contributed by atoms with Crippen molar-refractivity contribution in [3.05, 3.63) is 94.8 Å². The van der Waals surface area contributed by atoms with Crippen LogP contribution in [0.5, 0.6) is 0 Å². The molecule has 2 aromatic carbocycles. The highest BCUT2D eigenvalue weighted by Crippen LogP contribution is 2.34. The summed E-state index contributed by atoms with van der Waals surface area (Å²) in [6, 6.07) is 14.1. The van der Waals surface area contributed by atoms with Crippen LogP contribution in [0.25, 0.3) is 0 Å². The lowest BCUT2D eigenvalue weighted by Crippen LogP contribution is -2.52. The van der Waals surface area contributed by atoms with Gasteiger partial charge in [0.15, 0.2) is 0 Å². The number of rotatable bonds is 9. The number of halogens is 1. The lowest BCUT2D eigenvalue weighted by Gasteiger charge is -2.35. The molecule has 7 nitrogen and oxygen atoms in total. The molecule has 1 aliphatic carbocycles. The molecule has 2 amide bonds. The monoisotopic (exact) mass is 542 g/mol. The maximum Gasteiger partial charge on any atom is 0.256 e. The van der Waals surface area contributed by atoms with Crippen molar-refractivity contribution in [1.29, 1.82) is 0 Å². The molecule has 0 aromatic heterocycles. The van der Waals surface area contributed by atoms with E-state index in [1.807, 2.05) is 48.5 Å². The van der Waals surface area contributed by atoms with Crippen molar-refractivity contribution in [3.8, 4) is 11.8 Å². The third kappa shape index (κ3) is 6.50. The molecule has 0 spiro atoms. The van der Waals surface area contributed by atoms with Crippen molar-refractivity contribution < 1.29 is 18.7 Å². The van der Waals surface area contributed by atoms with E-state index in [2.05, 4.69) is 22.1 Å². The van der Waals surface area contributed by atoms with Crippen LogP contribution in [-0.2, 0) is 22.7 Å². The molecule has 0 saturated carbocycles. The highest BCUT2D eigenvalue weighted by atomic mass is 19.1. The van der Waals surface area contributed by atoms with Crippen molar-refractivity contribution >= 4 is 11.8 Å². The molecule has 1 fully saturated rings. The van der Waals surface area contributed by atoms with E-state index in [0.29, 0.717) is 11.1 Å². The number of piperazine rings is 1. The maximum absolute atomic E-state index is 14.5. The van der Waals surface area contributed by atoms with Crippen LogP contribution in [0, 0.1) is 17.8 Å². The summed E-state index contributed by atoms with van der Waals surface area (Å²) >= 11 is 0. The van der Waals surface area contributed by atoms with Gasteiger partial charge in [-0.3, -0.25) is 9.59 Å². The summed E-state index contributed by atoms with van der Waals surface area (Å²) in [4.78, 5) is 30.4. The van der Waals surface area contributed by atoms with Crippen molar-refractivity contribution in [2.24, 2.45) is 11.7 Å². The van der Waals surface area contributed by atoms with Crippen LogP contribution in [0.2, 0.25) is 0 Å². The SMILES string of the molecule is NC(=O)C(C1C=C(F)C=CC1OCc1ccccc1)N1Cc2cccc(C#CCCCN3CCNCC3)c2C1=O. The van der Waals surface area contributed by atoms with Gasteiger partial charge >= 0.3 is 0 Å². The van der Waals surface area contributed by atoms with Gasteiger partial charge in [-0.15, -0.1) is 0 Å². The molecule has 5 rings (SSSR count). The molecular weight excluding hydrogens is 507 g/mol. The van der Waals surface area contributed by atoms with E-state index >= 15 is 0 Å². The van der Waals surface area contributed by atoms with Crippen LogP contribution in [0.4, 0.5) is 4.39 Å². The number of fused-ring (bicyclic) bond motifs is 1. The van der Waals surface area contributed by atoms with E-state index in [1.54, 1.807) is 6.08 Å². The first-order chi connectivity index (χ1) is 19.5. The number of nitrogens with one attached hydrogen (secondary N) is 1. The summed E-state index contributed by atoms with van der Waals surface area (Å²) in [5.41, 5.74) is 8.72. The molecule has 0 bridgehead atoms. The summed E-state index contributed by atoms with van der Waals surface area (Å²) in [6.07, 6.45) is 5.30. The molecule has 0 radical (unpaired) electrons. The van der Waals surface area contributed by atoms with Crippen molar-refractivity contribution in [2.45, 2.75) is 38.1 Å². The number of carbonyl (C=O) groups is 2. The van der Waals surface area contributed by atoms with Crippen LogP contribution in [-0.4, -0.2) is 66.5 Å². The Balaban J connectivity index is 1.30. The minimum absolute atomic E-state index is 0.196. The van der Waals surface area contributed by atoms with Gasteiger partial charge in [0.1, 0.15) is 11.9 Å². The summed E-state index contributed by atoms with van der Waals surface area (Å²) in [7, 11) is 0. The number of hydrogen-bond donors (Lipinski definition) is 2. The highest BCUT2D eigenvalue weighted by molar-refractivity contribution is 6.03. The Hall–Kier alpha value is -3.77. The number of carbonyl (C=O) groups excluding carboxylic acids is 2. The lowest BCUT2D eigenvalue weighted by atomic mass is 9.88. The van der Waals surface area contributed by atoms with E-state index in [4.69, 9.17) is 10.5 Å². The van der Waals surface area contributed by atoms with E-state index in [0.717, 1.165) is 56.7 Å². The number of nitrogens with zero attached hydrogens (tertiary/aromatic N) is 2. The van der Waals surface area contributed by atoms with Gasteiger partial charge in [-0.05, 0) is 42.3 Å². The number of benzene rings is 2. The number of amides is 2. The first-order valence-electron chi connectivity index (χ1n) is 13.9. The third-order valence-electron chi connectivity index (χ3n) is 7.63. The fourth-order valence-corrected chi connectivity index (χ4v) is 5.60. The second-order valence-corrected chi connectivity index (χ2v) is 10.4. The molecule has 1 saturated heterocycles. The number of unbranched alkanes of at least 4 members (excludes halogenated alkanes) is 1. The van der Waals surface area contributed by atoms with Gasteiger partial charge in [0.05, 0.1) is 18.3 Å². The predicted molar refractivity (Wildman–Crippen MR) is 152 cm³/mol. The molecule has 2 aromatic rings. The Morgan fingerprint density at radius 2 is 1.95 bits per heavy atom. The largest absolute Gasteiger partial charge is 0.369 e. The van der Waals surface area contributed by atoms with Crippen LogP contribution in [0.15, 0.2) is 72.6 Å². The molecule has 2 heterocycles. The molecule has 3 aliphatic rings. The van der Waals surface area contributed by atoms with E-state index in [1.165, 1.54) is 17.1 Å². The molecular formula is C32H35FN4O3. The van der Waals surface area contributed by atoms with Gasteiger partial charge in [0.25, 0.3) is 5.91 Å². The van der Waals surface area contributed by atoms with Gasteiger partial charge in [0, 0.05) is 50.6 Å². The summed E-state index contributed by atoms with van der Waals surface area (Å²) in [6.45, 7) is 5.62. The van der Waals surface area contributed by atoms with E-state index < -0.39 is 29.8 Å². The summed E-state index contributed by atoms with van der Waals surface area (Å²) in [5.74, 6) is 4.11. The van der Waals surface area contributed by atoms with Crippen LogP contribution >= 0.6 is 0 Å². The molecule has 2 aliphatic heterocycles. The zero-order valence-corrected chi connectivity index (χ0v) is 22.5. The predicted octanol–water partition coefficient (Wildman–Crippen LogP) is 3.16. The molecule has 3 atom stereocenters. The normalized spacial score (nSPS) is 21.4. The summed E-state index contributed by atoms with van der Waals surface area (Å²) in [5, 5.41) is 3.36. The standard InChI is InChI=1S/C32H35FN4O3/c33-26-13-14-28(40-22-23-8-3-1-4-9-23)27(20-26)30(31(34)38)37-21-25-12-7-11-24(29(25)32(37)39)10-5-2-6-17-36-18-15-35-16-19-36/h1,3-4,7-9,11-14,20,27-28,30,35H,2,6,15-19,21-22H2,(H2,34,38). The summed E-state index contributed by atoms with van der Waals surface area (Å²) < 4.78 is 20.6. The minimum Gasteiger partial charge on any atom is -0.369 e. The second kappa shape index (κ2) is 13.1. The number of allylic oxidation sites excluding steroid dienone is 2. The van der Waals surface area contributed by atoms with Crippen molar-refractivity contribution in [2.75, 3.05) is 32.7 Å². The quantitative estimate of drug-likeness (QED) is 0.376. The Morgan fingerprint density at radius 3 is 2.73 bits per heavy atom. The highest BCUT2D eigenvalue weighted by Gasteiger charge is 2.43. The zero-order chi connectivity index (χ0) is 27.9. The fraction of sp³-hybridized carbons (Fsp3) is 0.375. The minimum atomic E-state index is -1.09. The first kappa shape index (κ1) is 27.8. The van der Waals surface area contributed by atoms with Gasteiger partial charge < -0.3 is 25.6 Å². The van der Waals surface area contributed by atoms with Gasteiger partial charge in [-0.25, -0.2) is 4.39 Å².